The number of likely N-dealkylation sites (tertiary alicyclic amines) is 1. The Labute approximate surface area is 126 Å². The van der Waals surface area contributed by atoms with E-state index in [2.05, 4.69) is 6.92 Å². The van der Waals surface area contributed by atoms with Gasteiger partial charge in [-0.05, 0) is 44.4 Å². The molecule has 1 atom stereocenters. The van der Waals surface area contributed by atoms with E-state index in [1.54, 1.807) is 6.07 Å². The molecule has 0 spiro atoms. The van der Waals surface area contributed by atoms with Crippen LogP contribution in [-0.2, 0) is 0 Å². The van der Waals surface area contributed by atoms with Gasteiger partial charge in [-0.15, -0.1) is 11.3 Å². The van der Waals surface area contributed by atoms with Gasteiger partial charge in [0.1, 0.15) is 10.7 Å². The number of halogens is 2. The molecule has 3 rings (SSSR count). The molecule has 5 heteroatoms. The average Bonchev–Trinajstić information content (AvgIpc) is 2.75. The van der Waals surface area contributed by atoms with Gasteiger partial charge in [0.25, 0.3) is 5.91 Å². The molecule has 1 aromatic heterocycles. The summed E-state index contributed by atoms with van der Waals surface area (Å²) < 4.78 is 14.0. The molecular formula is C15H15ClFNOS. The van der Waals surface area contributed by atoms with Crippen LogP contribution in [0.15, 0.2) is 18.2 Å². The molecule has 1 aliphatic rings. The number of carbonyl (C=O) groups is 1. The van der Waals surface area contributed by atoms with Crippen LogP contribution < -0.4 is 0 Å². The summed E-state index contributed by atoms with van der Waals surface area (Å²) in [5.74, 6) is -0.329. The van der Waals surface area contributed by atoms with E-state index in [-0.39, 0.29) is 17.8 Å². The number of thiophene rings is 1. The van der Waals surface area contributed by atoms with Crippen molar-refractivity contribution in [2.45, 2.75) is 32.2 Å². The van der Waals surface area contributed by atoms with Crippen LogP contribution in [0.3, 0.4) is 0 Å². The summed E-state index contributed by atoms with van der Waals surface area (Å²) in [6.07, 6.45) is 3.23. The van der Waals surface area contributed by atoms with Gasteiger partial charge in [0.2, 0.25) is 0 Å². The smallest absolute Gasteiger partial charge is 0.265 e. The summed E-state index contributed by atoms with van der Waals surface area (Å²) in [7, 11) is 0. The standard InChI is InChI=1S/C15H15ClFNOS/c1-9-4-2-3-7-18(9)15(19)14-13(16)11-6-5-10(17)8-12(11)20-14/h5-6,8-9H,2-4,7H2,1H3. The van der Waals surface area contributed by atoms with Gasteiger partial charge in [-0.3, -0.25) is 4.79 Å². The molecular weight excluding hydrogens is 297 g/mol. The van der Waals surface area contributed by atoms with E-state index in [9.17, 15) is 9.18 Å². The molecule has 0 aliphatic carbocycles. The van der Waals surface area contributed by atoms with Gasteiger partial charge in [0.05, 0.1) is 5.02 Å². The van der Waals surface area contributed by atoms with E-state index < -0.39 is 0 Å². The van der Waals surface area contributed by atoms with Crippen molar-refractivity contribution >= 4 is 38.9 Å². The van der Waals surface area contributed by atoms with Crippen LogP contribution in [0.1, 0.15) is 35.9 Å². The zero-order valence-electron chi connectivity index (χ0n) is 11.2. The van der Waals surface area contributed by atoms with Crippen LogP contribution in [0.25, 0.3) is 10.1 Å². The average molecular weight is 312 g/mol. The molecule has 1 fully saturated rings. The van der Waals surface area contributed by atoms with Gasteiger partial charge < -0.3 is 4.90 Å². The SMILES string of the molecule is CC1CCCCN1C(=O)c1sc2cc(F)ccc2c1Cl. The number of piperidine rings is 1. The molecule has 2 nitrogen and oxygen atoms in total. The highest BCUT2D eigenvalue weighted by Crippen LogP contribution is 2.37. The molecule has 1 unspecified atom stereocenters. The van der Waals surface area contributed by atoms with E-state index in [0.29, 0.717) is 9.90 Å². The Morgan fingerprint density at radius 2 is 2.25 bits per heavy atom. The van der Waals surface area contributed by atoms with Crippen molar-refractivity contribution < 1.29 is 9.18 Å². The predicted octanol–water partition coefficient (Wildman–Crippen LogP) is 4.71. The third-order valence-corrected chi connectivity index (χ3v) is 5.49. The van der Waals surface area contributed by atoms with Crippen LogP contribution in [-0.4, -0.2) is 23.4 Å². The van der Waals surface area contributed by atoms with E-state index in [4.69, 9.17) is 11.6 Å². The van der Waals surface area contributed by atoms with Gasteiger partial charge >= 0.3 is 0 Å². The molecule has 20 heavy (non-hydrogen) atoms. The van der Waals surface area contributed by atoms with Gasteiger partial charge in [0.15, 0.2) is 0 Å². The molecule has 1 aromatic carbocycles. The lowest BCUT2D eigenvalue weighted by Gasteiger charge is -2.33. The first-order chi connectivity index (χ1) is 9.58. The maximum absolute atomic E-state index is 13.3. The number of hydrogen-bond donors (Lipinski definition) is 0. The lowest BCUT2D eigenvalue weighted by molar-refractivity contribution is 0.0641. The van der Waals surface area contributed by atoms with Crippen molar-refractivity contribution in [2.75, 3.05) is 6.54 Å². The maximum atomic E-state index is 13.3. The Morgan fingerprint density at radius 1 is 1.45 bits per heavy atom. The van der Waals surface area contributed by atoms with Crippen molar-refractivity contribution in [1.82, 2.24) is 4.90 Å². The minimum atomic E-state index is -0.305. The fourth-order valence-corrected chi connectivity index (χ4v) is 4.20. The minimum absolute atomic E-state index is 0.0243. The third kappa shape index (κ3) is 2.31. The number of hydrogen-bond acceptors (Lipinski definition) is 2. The zero-order chi connectivity index (χ0) is 14.3. The number of amides is 1. The maximum Gasteiger partial charge on any atom is 0.265 e. The summed E-state index contributed by atoms with van der Waals surface area (Å²) in [5, 5.41) is 1.21. The first-order valence-corrected chi connectivity index (χ1v) is 7.96. The first-order valence-electron chi connectivity index (χ1n) is 6.76. The van der Waals surface area contributed by atoms with E-state index in [0.717, 1.165) is 35.9 Å². The normalized spacial score (nSPS) is 19.6. The zero-order valence-corrected chi connectivity index (χ0v) is 12.7. The molecule has 106 valence electrons. The van der Waals surface area contributed by atoms with Gasteiger partial charge in [-0.25, -0.2) is 4.39 Å². The molecule has 1 amide bonds. The number of benzene rings is 1. The summed E-state index contributed by atoms with van der Waals surface area (Å²) in [6.45, 7) is 2.84. The summed E-state index contributed by atoms with van der Waals surface area (Å²) >= 11 is 7.59. The number of carbonyl (C=O) groups excluding carboxylic acids is 1. The van der Waals surface area contributed by atoms with Crippen molar-refractivity contribution in [3.05, 3.63) is 33.9 Å². The Hall–Kier alpha value is -1.13. The number of nitrogens with zero attached hydrogens (tertiary/aromatic N) is 1. The topological polar surface area (TPSA) is 20.3 Å². The molecule has 2 aromatic rings. The number of fused-ring (bicyclic) bond motifs is 1. The highest BCUT2D eigenvalue weighted by molar-refractivity contribution is 7.21. The molecule has 0 saturated carbocycles. The van der Waals surface area contributed by atoms with Crippen molar-refractivity contribution in [2.24, 2.45) is 0 Å². The Balaban J connectivity index is 2.01. The fourth-order valence-electron chi connectivity index (χ4n) is 2.71. The first kappa shape index (κ1) is 13.8. The molecule has 0 radical (unpaired) electrons. The van der Waals surface area contributed by atoms with E-state index >= 15 is 0 Å². The minimum Gasteiger partial charge on any atom is -0.335 e. The molecule has 2 heterocycles. The summed E-state index contributed by atoms with van der Waals surface area (Å²) in [6, 6.07) is 4.69. The highest BCUT2D eigenvalue weighted by Gasteiger charge is 2.27. The predicted molar refractivity (Wildman–Crippen MR) is 81.1 cm³/mol. The fraction of sp³-hybridized carbons (Fsp3) is 0.400. The quantitative estimate of drug-likeness (QED) is 0.747. The van der Waals surface area contributed by atoms with Crippen LogP contribution in [0.5, 0.6) is 0 Å². The van der Waals surface area contributed by atoms with Gasteiger partial charge in [-0.1, -0.05) is 11.6 Å². The van der Waals surface area contributed by atoms with Crippen LogP contribution in [0.4, 0.5) is 4.39 Å². The molecule has 1 aliphatic heterocycles. The van der Waals surface area contributed by atoms with Crippen LogP contribution >= 0.6 is 22.9 Å². The molecule has 0 bridgehead atoms. The van der Waals surface area contributed by atoms with Crippen LogP contribution in [0.2, 0.25) is 5.02 Å². The Kier molecular flexibility index (Phi) is 3.69. The van der Waals surface area contributed by atoms with E-state index in [1.807, 2.05) is 4.90 Å². The third-order valence-electron chi connectivity index (χ3n) is 3.85. The van der Waals surface area contributed by atoms with Gasteiger partial charge in [-0.2, -0.15) is 0 Å². The van der Waals surface area contributed by atoms with Crippen molar-refractivity contribution in [1.29, 1.82) is 0 Å². The Morgan fingerprint density at radius 3 is 3.00 bits per heavy atom. The van der Waals surface area contributed by atoms with Crippen molar-refractivity contribution in [3.8, 4) is 0 Å². The molecule has 0 N–H and O–H groups in total. The largest absolute Gasteiger partial charge is 0.335 e. The summed E-state index contributed by atoms with van der Waals surface area (Å²) in [5.41, 5.74) is 0. The van der Waals surface area contributed by atoms with Gasteiger partial charge in [0, 0.05) is 22.7 Å². The highest BCUT2D eigenvalue weighted by atomic mass is 35.5. The second kappa shape index (κ2) is 5.34. The summed E-state index contributed by atoms with van der Waals surface area (Å²) in [4.78, 5) is 15.1. The van der Waals surface area contributed by atoms with Crippen molar-refractivity contribution in [3.63, 3.8) is 0 Å². The lowest BCUT2D eigenvalue weighted by atomic mass is 10.0. The monoisotopic (exact) mass is 311 g/mol. The van der Waals surface area contributed by atoms with E-state index in [1.165, 1.54) is 23.5 Å². The second-order valence-corrected chi connectivity index (χ2v) is 6.66. The lowest BCUT2D eigenvalue weighted by Crippen LogP contribution is -2.41. The number of rotatable bonds is 1. The van der Waals surface area contributed by atoms with Crippen LogP contribution in [0, 0.1) is 5.82 Å². The molecule has 1 saturated heterocycles. The Bertz CT molecular complexity index is 669. The second-order valence-electron chi connectivity index (χ2n) is 5.23.